The summed E-state index contributed by atoms with van der Waals surface area (Å²) in [7, 11) is 0. The van der Waals surface area contributed by atoms with Crippen LogP contribution in [0.4, 0.5) is 0 Å². The lowest BCUT2D eigenvalue weighted by molar-refractivity contribution is -0.149. The van der Waals surface area contributed by atoms with Crippen LogP contribution in [0.15, 0.2) is 18.2 Å². The van der Waals surface area contributed by atoms with Crippen molar-refractivity contribution in [2.75, 3.05) is 0 Å². The van der Waals surface area contributed by atoms with Crippen molar-refractivity contribution in [2.45, 2.75) is 65.5 Å². The molecular weight excluding hydrogens is 334 g/mol. The van der Waals surface area contributed by atoms with E-state index in [1.807, 2.05) is 45.9 Å². The summed E-state index contributed by atoms with van der Waals surface area (Å²) in [6.45, 7) is 8.48. The Kier molecular flexibility index (Phi) is 5.13. The van der Waals surface area contributed by atoms with Crippen molar-refractivity contribution in [1.82, 2.24) is 4.57 Å². The number of carbonyl (C=O) groups is 2. The van der Waals surface area contributed by atoms with Crippen molar-refractivity contribution in [3.05, 3.63) is 44.9 Å². The molecule has 1 atom stereocenters. The largest absolute Gasteiger partial charge is 0.462 e. The van der Waals surface area contributed by atoms with Gasteiger partial charge in [-0.3, -0.25) is 9.59 Å². The number of nitrogens with zero attached hydrogens (tertiary/aromatic N) is 1. The van der Waals surface area contributed by atoms with Crippen molar-refractivity contribution in [3.8, 4) is 0 Å². The molecule has 3 rings (SSSR count). The van der Waals surface area contributed by atoms with E-state index in [-0.39, 0.29) is 23.8 Å². The van der Waals surface area contributed by atoms with E-state index >= 15 is 0 Å². The standard InChI is InChI=1S/C20H25NO3S/c1-12(2)24-20(23)15-7-5-6-10-21-16(15)11-13(3)18(21)19(22)17-9-8-14(4)25-17/h8-9,11-12,15H,5-7,10H2,1-4H3. The molecule has 4 nitrogen and oxygen atoms in total. The highest BCUT2D eigenvalue weighted by atomic mass is 32.1. The second-order valence-corrected chi connectivity index (χ2v) is 8.31. The first-order valence-corrected chi connectivity index (χ1v) is 9.71. The summed E-state index contributed by atoms with van der Waals surface area (Å²) in [5.41, 5.74) is 2.59. The summed E-state index contributed by atoms with van der Waals surface area (Å²) in [4.78, 5) is 27.5. The minimum Gasteiger partial charge on any atom is -0.462 e. The molecule has 134 valence electrons. The molecule has 2 aromatic heterocycles. The highest BCUT2D eigenvalue weighted by molar-refractivity contribution is 7.14. The molecule has 1 aliphatic heterocycles. The summed E-state index contributed by atoms with van der Waals surface area (Å²) in [6, 6.07) is 5.87. The van der Waals surface area contributed by atoms with Crippen LogP contribution in [0.5, 0.6) is 0 Å². The molecule has 0 saturated heterocycles. The third kappa shape index (κ3) is 3.56. The Hall–Kier alpha value is -1.88. The smallest absolute Gasteiger partial charge is 0.315 e. The number of hydrogen-bond donors (Lipinski definition) is 0. The average Bonchev–Trinajstić information content (AvgIpc) is 3.03. The molecule has 0 bridgehead atoms. The minimum atomic E-state index is -0.282. The molecule has 0 radical (unpaired) electrons. The van der Waals surface area contributed by atoms with E-state index in [2.05, 4.69) is 4.57 Å². The van der Waals surface area contributed by atoms with E-state index in [1.165, 1.54) is 11.3 Å². The van der Waals surface area contributed by atoms with Gasteiger partial charge in [-0.25, -0.2) is 0 Å². The van der Waals surface area contributed by atoms with E-state index in [1.54, 1.807) is 0 Å². The topological polar surface area (TPSA) is 48.3 Å². The summed E-state index contributed by atoms with van der Waals surface area (Å²) in [5.74, 6) is -0.406. The second-order valence-electron chi connectivity index (χ2n) is 7.03. The van der Waals surface area contributed by atoms with E-state index in [0.717, 1.165) is 52.5 Å². The van der Waals surface area contributed by atoms with Crippen LogP contribution in [0, 0.1) is 13.8 Å². The van der Waals surface area contributed by atoms with Crippen LogP contribution >= 0.6 is 11.3 Å². The zero-order chi connectivity index (χ0) is 18.1. The number of carbonyl (C=O) groups excluding carboxylic acids is 2. The fraction of sp³-hybridized carbons (Fsp3) is 0.500. The third-order valence-electron chi connectivity index (χ3n) is 4.62. The van der Waals surface area contributed by atoms with E-state index in [9.17, 15) is 9.59 Å². The molecule has 1 aliphatic rings. The number of aryl methyl sites for hydroxylation is 2. The maximum Gasteiger partial charge on any atom is 0.315 e. The molecule has 0 N–H and O–H groups in total. The molecule has 0 aliphatic carbocycles. The van der Waals surface area contributed by atoms with Crippen LogP contribution in [-0.2, 0) is 16.1 Å². The van der Waals surface area contributed by atoms with Crippen LogP contribution in [-0.4, -0.2) is 22.4 Å². The first kappa shape index (κ1) is 17.9. The summed E-state index contributed by atoms with van der Waals surface area (Å²) in [6.07, 6.45) is 2.58. The summed E-state index contributed by atoms with van der Waals surface area (Å²) >= 11 is 1.52. The Morgan fingerprint density at radius 1 is 1.24 bits per heavy atom. The molecule has 0 fully saturated rings. The number of fused-ring (bicyclic) bond motifs is 1. The molecule has 0 amide bonds. The van der Waals surface area contributed by atoms with Crippen LogP contribution < -0.4 is 0 Å². The van der Waals surface area contributed by atoms with Gasteiger partial charge >= 0.3 is 5.97 Å². The van der Waals surface area contributed by atoms with Crippen molar-refractivity contribution < 1.29 is 14.3 Å². The van der Waals surface area contributed by atoms with Gasteiger partial charge in [0.25, 0.3) is 0 Å². The van der Waals surface area contributed by atoms with Crippen molar-refractivity contribution in [2.24, 2.45) is 0 Å². The van der Waals surface area contributed by atoms with Gasteiger partial charge in [-0.15, -0.1) is 11.3 Å². The van der Waals surface area contributed by atoms with Crippen LogP contribution in [0.3, 0.4) is 0 Å². The number of ketones is 1. The Morgan fingerprint density at radius 2 is 2.00 bits per heavy atom. The molecule has 25 heavy (non-hydrogen) atoms. The van der Waals surface area contributed by atoms with Gasteiger partial charge in [-0.05, 0) is 64.3 Å². The Labute approximate surface area is 152 Å². The second kappa shape index (κ2) is 7.16. The minimum absolute atomic E-state index is 0.0553. The SMILES string of the molecule is Cc1ccc(C(=O)c2c(C)cc3n2CCCCC3C(=O)OC(C)C)s1. The average molecular weight is 359 g/mol. The van der Waals surface area contributed by atoms with E-state index in [0.29, 0.717) is 0 Å². The zero-order valence-corrected chi connectivity index (χ0v) is 16.1. The van der Waals surface area contributed by atoms with Gasteiger partial charge in [0, 0.05) is 17.1 Å². The van der Waals surface area contributed by atoms with E-state index in [4.69, 9.17) is 4.74 Å². The van der Waals surface area contributed by atoms with Gasteiger partial charge in [0.15, 0.2) is 0 Å². The third-order valence-corrected chi connectivity index (χ3v) is 5.62. The van der Waals surface area contributed by atoms with E-state index < -0.39 is 0 Å². The fourth-order valence-electron chi connectivity index (χ4n) is 3.53. The number of hydrogen-bond acceptors (Lipinski definition) is 4. The molecule has 3 heterocycles. The number of ether oxygens (including phenoxy) is 1. The van der Waals surface area contributed by atoms with Crippen LogP contribution in [0.1, 0.15) is 70.5 Å². The predicted octanol–water partition coefficient (Wildman–Crippen LogP) is 4.62. The van der Waals surface area contributed by atoms with Gasteiger partial charge in [-0.1, -0.05) is 6.42 Å². The van der Waals surface area contributed by atoms with Crippen molar-refractivity contribution in [3.63, 3.8) is 0 Å². The molecule has 2 aromatic rings. The molecule has 5 heteroatoms. The zero-order valence-electron chi connectivity index (χ0n) is 15.3. The number of thiophene rings is 1. The highest BCUT2D eigenvalue weighted by Crippen LogP contribution is 2.33. The number of esters is 1. The van der Waals surface area contributed by atoms with Gasteiger partial charge in [-0.2, -0.15) is 0 Å². The number of aromatic nitrogens is 1. The molecule has 0 spiro atoms. The predicted molar refractivity (Wildman–Crippen MR) is 99.5 cm³/mol. The normalized spacial score (nSPS) is 17.2. The Morgan fingerprint density at radius 3 is 2.64 bits per heavy atom. The molecule has 0 saturated carbocycles. The monoisotopic (exact) mass is 359 g/mol. The van der Waals surface area contributed by atoms with Gasteiger partial charge in [0.05, 0.1) is 22.6 Å². The lowest BCUT2D eigenvalue weighted by atomic mass is 9.99. The lowest BCUT2D eigenvalue weighted by Gasteiger charge is -2.17. The van der Waals surface area contributed by atoms with Crippen LogP contribution in [0.2, 0.25) is 0 Å². The first-order valence-electron chi connectivity index (χ1n) is 8.90. The van der Waals surface area contributed by atoms with Gasteiger partial charge in [0.1, 0.15) is 0 Å². The molecule has 0 aromatic carbocycles. The Balaban J connectivity index is 2.02. The summed E-state index contributed by atoms with van der Waals surface area (Å²) < 4.78 is 7.53. The van der Waals surface area contributed by atoms with Crippen molar-refractivity contribution in [1.29, 1.82) is 0 Å². The maximum atomic E-state index is 13.1. The number of rotatable bonds is 4. The molecular formula is C20H25NO3S. The van der Waals surface area contributed by atoms with Gasteiger partial charge in [0.2, 0.25) is 5.78 Å². The van der Waals surface area contributed by atoms with Crippen molar-refractivity contribution >= 4 is 23.1 Å². The highest BCUT2D eigenvalue weighted by Gasteiger charge is 2.31. The van der Waals surface area contributed by atoms with Crippen LogP contribution in [0.25, 0.3) is 0 Å². The molecule has 1 unspecified atom stereocenters. The quantitative estimate of drug-likeness (QED) is 0.591. The Bertz CT molecular complexity index is 800. The van der Waals surface area contributed by atoms with Gasteiger partial charge < -0.3 is 9.30 Å². The summed E-state index contributed by atoms with van der Waals surface area (Å²) in [5, 5.41) is 0. The first-order chi connectivity index (χ1) is 11.9. The lowest BCUT2D eigenvalue weighted by Crippen LogP contribution is -2.21. The maximum absolute atomic E-state index is 13.1. The fourth-order valence-corrected chi connectivity index (χ4v) is 4.34.